The van der Waals surface area contributed by atoms with Crippen LogP contribution in [-0.2, 0) is 21.3 Å². The van der Waals surface area contributed by atoms with Gasteiger partial charge in [0.25, 0.3) is 0 Å². The van der Waals surface area contributed by atoms with Crippen LogP contribution in [0, 0.1) is 17.6 Å². The van der Waals surface area contributed by atoms with Gasteiger partial charge in [0, 0.05) is 25.1 Å². The van der Waals surface area contributed by atoms with Gasteiger partial charge in [-0.2, -0.15) is 0 Å². The molecule has 3 N–H and O–H groups in total. The first kappa shape index (κ1) is 16.3. The Kier molecular flexibility index (Phi) is 4.92. The van der Waals surface area contributed by atoms with Crippen LogP contribution in [0.3, 0.4) is 0 Å². The van der Waals surface area contributed by atoms with Crippen LogP contribution >= 0.6 is 0 Å². The monoisotopic (exact) mass is 320 g/mol. The van der Waals surface area contributed by atoms with E-state index in [0.29, 0.717) is 13.2 Å². The third kappa shape index (κ3) is 3.57. The molecule has 2 rings (SSSR count). The van der Waals surface area contributed by atoms with Crippen LogP contribution in [0.15, 0.2) is 17.0 Å². The number of nitrogens with two attached hydrogens (primary N) is 1. The van der Waals surface area contributed by atoms with Crippen LogP contribution in [0.4, 0.5) is 8.78 Å². The molecule has 0 aliphatic carbocycles. The Morgan fingerprint density at radius 3 is 2.76 bits per heavy atom. The highest BCUT2D eigenvalue weighted by Gasteiger charge is 2.29. The Bertz CT molecular complexity index is 616. The number of hydrogen-bond donors (Lipinski definition) is 2. The highest BCUT2D eigenvalue weighted by molar-refractivity contribution is 7.89. The largest absolute Gasteiger partial charge is 0.381 e. The van der Waals surface area contributed by atoms with E-state index < -0.39 is 32.6 Å². The van der Waals surface area contributed by atoms with Gasteiger partial charge >= 0.3 is 0 Å². The van der Waals surface area contributed by atoms with Crippen molar-refractivity contribution >= 4 is 10.0 Å². The quantitative estimate of drug-likeness (QED) is 0.852. The van der Waals surface area contributed by atoms with Crippen molar-refractivity contribution in [2.24, 2.45) is 11.7 Å². The third-order valence-electron chi connectivity index (χ3n) is 3.59. The molecule has 1 aromatic carbocycles. The van der Waals surface area contributed by atoms with Gasteiger partial charge in [-0.25, -0.2) is 21.9 Å². The van der Waals surface area contributed by atoms with E-state index in [4.69, 9.17) is 10.5 Å². The molecule has 1 fully saturated rings. The molecule has 8 heteroatoms. The highest BCUT2D eigenvalue weighted by Crippen LogP contribution is 2.22. The molecular weight excluding hydrogens is 302 g/mol. The fraction of sp³-hybridized carbons (Fsp3) is 0.538. The molecule has 1 heterocycles. The van der Waals surface area contributed by atoms with Gasteiger partial charge in [0.05, 0.1) is 6.61 Å². The van der Waals surface area contributed by atoms with Gasteiger partial charge in [-0.3, -0.25) is 0 Å². The molecule has 0 saturated carbocycles. The van der Waals surface area contributed by atoms with Crippen molar-refractivity contribution < 1.29 is 21.9 Å². The normalized spacial score (nSPS) is 20.7. The van der Waals surface area contributed by atoms with Gasteiger partial charge in [-0.1, -0.05) is 0 Å². The van der Waals surface area contributed by atoms with Crippen LogP contribution in [0.5, 0.6) is 0 Å². The molecule has 1 saturated heterocycles. The molecule has 5 nitrogen and oxygen atoms in total. The van der Waals surface area contributed by atoms with E-state index >= 15 is 0 Å². The summed E-state index contributed by atoms with van der Waals surface area (Å²) in [5.74, 6) is -2.60. The zero-order chi connectivity index (χ0) is 15.6. The summed E-state index contributed by atoms with van der Waals surface area (Å²) in [7, 11) is -4.16. The van der Waals surface area contributed by atoms with Crippen LogP contribution in [-0.4, -0.2) is 27.7 Å². The summed E-state index contributed by atoms with van der Waals surface area (Å²) < 4.78 is 59.3. The molecule has 0 bridgehead atoms. The Labute approximate surface area is 122 Å². The topological polar surface area (TPSA) is 81.4 Å². The van der Waals surface area contributed by atoms with Gasteiger partial charge in [0.2, 0.25) is 10.0 Å². The number of halogens is 2. The number of benzene rings is 1. The van der Waals surface area contributed by atoms with Crippen molar-refractivity contribution in [1.82, 2.24) is 4.72 Å². The smallest absolute Gasteiger partial charge is 0.243 e. The van der Waals surface area contributed by atoms with Gasteiger partial charge in [0.1, 0.15) is 4.90 Å². The molecular formula is C13H18F2N2O3S. The fourth-order valence-electron chi connectivity index (χ4n) is 2.28. The van der Waals surface area contributed by atoms with E-state index in [1.165, 1.54) is 0 Å². The van der Waals surface area contributed by atoms with Crippen molar-refractivity contribution in [2.75, 3.05) is 13.2 Å². The maximum Gasteiger partial charge on any atom is 0.243 e. The van der Waals surface area contributed by atoms with Crippen LogP contribution in [0.25, 0.3) is 0 Å². The zero-order valence-corrected chi connectivity index (χ0v) is 12.4. The summed E-state index contributed by atoms with van der Waals surface area (Å²) in [6, 6.07) is 1.52. The molecule has 1 aromatic rings. The first-order valence-corrected chi connectivity index (χ1v) is 8.11. The van der Waals surface area contributed by atoms with Crippen molar-refractivity contribution in [3.8, 4) is 0 Å². The molecule has 118 valence electrons. The fourth-order valence-corrected chi connectivity index (χ4v) is 3.73. The lowest BCUT2D eigenvalue weighted by atomic mass is 10.0. The molecule has 0 amide bonds. The Morgan fingerprint density at radius 1 is 1.48 bits per heavy atom. The van der Waals surface area contributed by atoms with Crippen LogP contribution in [0.1, 0.15) is 18.9 Å². The maximum absolute atomic E-state index is 13.8. The van der Waals surface area contributed by atoms with E-state index in [1.54, 1.807) is 6.92 Å². The molecule has 2 atom stereocenters. The first-order chi connectivity index (χ1) is 9.85. The molecule has 0 radical (unpaired) electrons. The summed E-state index contributed by atoms with van der Waals surface area (Å²) in [4.78, 5) is -0.714. The molecule has 21 heavy (non-hydrogen) atoms. The van der Waals surface area contributed by atoms with Crippen molar-refractivity contribution in [3.05, 3.63) is 29.3 Å². The van der Waals surface area contributed by atoms with Gasteiger partial charge in [0.15, 0.2) is 11.6 Å². The number of rotatable bonds is 5. The van der Waals surface area contributed by atoms with Crippen LogP contribution < -0.4 is 10.5 Å². The predicted molar refractivity (Wildman–Crippen MR) is 73.0 cm³/mol. The second-order valence-electron chi connectivity index (χ2n) is 5.13. The van der Waals surface area contributed by atoms with Gasteiger partial charge in [-0.15, -0.1) is 0 Å². The SMILES string of the molecule is CC(NS(=O)(=O)c1cc(CN)cc(F)c1F)C1CCOC1. The minimum absolute atomic E-state index is 0.0189. The average Bonchev–Trinajstić information content (AvgIpc) is 2.95. The Balaban J connectivity index is 2.28. The predicted octanol–water partition coefficient (Wildman–Crippen LogP) is 1.13. The summed E-state index contributed by atoms with van der Waals surface area (Å²) >= 11 is 0. The van der Waals surface area contributed by atoms with E-state index in [9.17, 15) is 17.2 Å². The van der Waals surface area contributed by atoms with E-state index in [-0.39, 0.29) is 18.0 Å². The van der Waals surface area contributed by atoms with E-state index in [1.807, 2.05) is 0 Å². The molecule has 1 aliphatic heterocycles. The molecule has 1 aliphatic rings. The number of nitrogens with one attached hydrogen (secondary N) is 1. The van der Waals surface area contributed by atoms with Crippen molar-refractivity contribution in [3.63, 3.8) is 0 Å². The second-order valence-corrected chi connectivity index (χ2v) is 6.81. The third-order valence-corrected chi connectivity index (χ3v) is 5.15. The maximum atomic E-state index is 13.8. The summed E-state index contributed by atoms with van der Waals surface area (Å²) in [6.07, 6.45) is 0.726. The van der Waals surface area contributed by atoms with Gasteiger partial charge in [-0.05, 0) is 31.0 Å². The summed E-state index contributed by atoms with van der Waals surface area (Å²) in [5.41, 5.74) is 5.57. The van der Waals surface area contributed by atoms with E-state index in [2.05, 4.69) is 4.72 Å². The summed E-state index contributed by atoms with van der Waals surface area (Å²) in [6.45, 7) is 2.62. The number of ether oxygens (including phenoxy) is 1. The molecule has 0 spiro atoms. The lowest BCUT2D eigenvalue weighted by Gasteiger charge is -2.19. The number of hydrogen-bond acceptors (Lipinski definition) is 4. The first-order valence-electron chi connectivity index (χ1n) is 6.63. The highest BCUT2D eigenvalue weighted by atomic mass is 32.2. The second kappa shape index (κ2) is 6.35. The van der Waals surface area contributed by atoms with Crippen molar-refractivity contribution in [2.45, 2.75) is 30.8 Å². The van der Waals surface area contributed by atoms with Gasteiger partial charge < -0.3 is 10.5 Å². The lowest BCUT2D eigenvalue weighted by Crippen LogP contribution is -2.38. The minimum Gasteiger partial charge on any atom is -0.381 e. The lowest BCUT2D eigenvalue weighted by molar-refractivity contribution is 0.180. The molecule has 2 unspecified atom stereocenters. The van der Waals surface area contributed by atoms with Crippen LogP contribution in [0.2, 0.25) is 0 Å². The Hall–Kier alpha value is -1.09. The van der Waals surface area contributed by atoms with E-state index in [0.717, 1.165) is 18.6 Å². The Morgan fingerprint density at radius 2 is 2.19 bits per heavy atom. The minimum atomic E-state index is -4.16. The molecule has 0 aromatic heterocycles. The number of sulfonamides is 1. The standard InChI is InChI=1S/C13H18F2N2O3S/c1-8(10-2-3-20-7-10)17-21(18,19)12-5-9(6-16)4-11(14)13(12)15/h4-5,8,10,17H,2-3,6-7,16H2,1H3. The zero-order valence-electron chi connectivity index (χ0n) is 11.6. The summed E-state index contributed by atoms with van der Waals surface area (Å²) in [5, 5.41) is 0. The average molecular weight is 320 g/mol. The van der Waals surface area contributed by atoms with Crippen molar-refractivity contribution in [1.29, 1.82) is 0 Å².